The summed E-state index contributed by atoms with van der Waals surface area (Å²) < 4.78 is 3.77. The van der Waals surface area contributed by atoms with Crippen LogP contribution in [0.25, 0.3) is 25.9 Å². The summed E-state index contributed by atoms with van der Waals surface area (Å²) in [5.41, 5.74) is 4.82. The van der Waals surface area contributed by atoms with Gasteiger partial charge in [0.15, 0.2) is 10.8 Å². The first-order chi connectivity index (χ1) is 11.8. The van der Waals surface area contributed by atoms with Crippen molar-refractivity contribution in [1.82, 2.24) is 19.6 Å². The molecule has 5 rings (SSSR count). The van der Waals surface area contributed by atoms with Crippen LogP contribution in [0, 0.1) is 0 Å². The van der Waals surface area contributed by atoms with Gasteiger partial charge in [-0.3, -0.25) is 10.1 Å². The van der Waals surface area contributed by atoms with Gasteiger partial charge in [-0.2, -0.15) is 5.10 Å². The zero-order chi connectivity index (χ0) is 16.1. The quantitative estimate of drug-likeness (QED) is 0.525. The Hall–Kier alpha value is -2.84. The predicted molar refractivity (Wildman–Crippen MR) is 95.9 cm³/mol. The molecule has 1 amide bonds. The van der Waals surface area contributed by atoms with Crippen LogP contribution in [0.15, 0.2) is 48.1 Å². The minimum absolute atomic E-state index is 0.271. The van der Waals surface area contributed by atoms with Gasteiger partial charge >= 0.3 is 0 Å². The van der Waals surface area contributed by atoms with E-state index >= 15 is 0 Å². The van der Waals surface area contributed by atoms with E-state index in [9.17, 15) is 4.79 Å². The molecule has 4 aromatic heterocycles. The Morgan fingerprint density at radius 2 is 2.17 bits per heavy atom. The number of hydrogen-bond acceptors (Lipinski definition) is 6. The molecule has 116 valence electrons. The lowest BCUT2D eigenvalue weighted by molar-refractivity contribution is 0.102. The van der Waals surface area contributed by atoms with E-state index in [1.54, 1.807) is 21.9 Å². The summed E-state index contributed by atoms with van der Waals surface area (Å²) in [5.74, 6) is -0.271. The van der Waals surface area contributed by atoms with Gasteiger partial charge in [-0.1, -0.05) is 17.4 Å². The van der Waals surface area contributed by atoms with E-state index < -0.39 is 0 Å². The maximum Gasteiger partial charge on any atom is 0.277 e. The van der Waals surface area contributed by atoms with E-state index in [1.807, 2.05) is 42.0 Å². The highest BCUT2D eigenvalue weighted by Gasteiger charge is 2.15. The first-order valence-electron chi connectivity index (χ1n) is 7.16. The molecule has 0 spiro atoms. The number of amides is 1. The molecule has 0 aliphatic rings. The van der Waals surface area contributed by atoms with Crippen molar-refractivity contribution in [3.63, 3.8) is 0 Å². The second kappa shape index (κ2) is 5.08. The van der Waals surface area contributed by atoms with Crippen LogP contribution in [0.5, 0.6) is 0 Å². The summed E-state index contributed by atoms with van der Waals surface area (Å²) in [4.78, 5) is 21.3. The van der Waals surface area contributed by atoms with E-state index in [0.29, 0.717) is 10.8 Å². The summed E-state index contributed by atoms with van der Waals surface area (Å²) in [6.07, 6.45) is 1.81. The molecule has 4 heterocycles. The minimum atomic E-state index is -0.271. The van der Waals surface area contributed by atoms with Gasteiger partial charge in [0.05, 0.1) is 25.9 Å². The molecule has 0 saturated carbocycles. The standard InChI is InChI=1S/C16H9N5OS2/c22-15(11-7-9-3-1-2-6-21(9)20-11)19-16-18-10-4-5-12-13(14(10)24-16)17-8-23-12/h1-8H,(H,18,19,22). The number of aromatic nitrogens is 4. The molecule has 8 heteroatoms. The van der Waals surface area contributed by atoms with Crippen LogP contribution in [0.1, 0.15) is 10.5 Å². The van der Waals surface area contributed by atoms with Gasteiger partial charge < -0.3 is 0 Å². The monoisotopic (exact) mass is 351 g/mol. The summed E-state index contributed by atoms with van der Waals surface area (Å²) >= 11 is 3.02. The van der Waals surface area contributed by atoms with Crippen LogP contribution < -0.4 is 5.32 Å². The Balaban J connectivity index is 1.52. The Labute approximate surface area is 143 Å². The second-order valence-electron chi connectivity index (χ2n) is 5.19. The van der Waals surface area contributed by atoms with Crippen molar-refractivity contribution >= 4 is 59.7 Å². The molecule has 0 bridgehead atoms. The molecule has 6 nitrogen and oxygen atoms in total. The summed E-state index contributed by atoms with van der Waals surface area (Å²) in [6, 6.07) is 11.4. The Morgan fingerprint density at radius 1 is 1.21 bits per heavy atom. The van der Waals surface area contributed by atoms with E-state index in [2.05, 4.69) is 20.4 Å². The Morgan fingerprint density at radius 3 is 3.08 bits per heavy atom. The highest BCUT2D eigenvalue weighted by atomic mass is 32.1. The zero-order valence-electron chi connectivity index (χ0n) is 12.1. The smallest absolute Gasteiger partial charge is 0.277 e. The van der Waals surface area contributed by atoms with E-state index in [1.165, 1.54) is 11.3 Å². The maximum absolute atomic E-state index is 12.4. The number of rotatable bonds is 2. The lowest BCUT2D eigenvalue weighted by atomic mass is 10.3. The number of benzene rings is 1. The summed E-state index contributed by atoms with van der Waals surface area (Å²) in [6.45, 7) is 0. The van der Waals surface area contributed by atoms with E-state index in [0.717, 1.165) is 25.9 Å². The third kappa shape index (κ3) is 2.08. The topological polar surface area (TPSA) is 72.2 Å². The molecule has 1 aromatic carbocycles. The number of thiazole rings is 2. The van der Waals surface area contributed by atoms with Crippen LogP contribution in [0.2, 0.25) is 0 Å². The third-order valence-electron chi connectivity index (χ3n) is 3.68. The van der Waals surface area contributed by atoms with Gasteiger partial charge in [0.25, 0.3) is 5.91 Å². The predicted octanol–water partition coefficient (Wildman–Crippen LogP) is 3.81. The van der Waals surface area contributed by atoms with Crippen molar-refractivity contribution in [2.75, 3.05) is 5.32 Å². The van der Waals surface area contributed by atoms with Crippen LogP contribution in [0.3, 0.4) is 0 Å². The van der Waals surface area contributed by atoms with Crippen LogP contribution >= 0.6 is 22.7 Å². The summed E-state index contributed by atoms with van der Waals surface area (Å²) in [5, 5.41) is 7.66. The molecular weight excluding hydrogens is 342 g/mol. The summed E-state index contributed by atoms with van der Waals surface area (Å²) in [7, 11) is 0. The fourth-order valence-electron chi connectivity index (χ4n) is 2.58. The lowest BCUT2D eigenvalue weighted by Crippen LogP contribution is -2.12. The van der Waals surface area contributed by atoms with Crippen molar-refractivity contribution in [2.45, 2.75) is 0 Å². The number of anilines is 1. The fourth-order valence-corrected chi connectivity index (χ4v) is 4.28. The fraction of sp³-hybridized carbons (Fsp3) is 0. The molecule has 24 heavy (non-hydrogen) atoms. The third-order valence-corrected chi connectivity index (χ3v) is 5.47. The van der Waals surface area contributed by atoms with Crippen molar-refractivity contribution in [1.29, 1.82) is 0 Å². The average Bonchev–Trinajstić information content (AvgIpc) is 3.30. The first kappa shape index (κ1) is 13.6. The van der Waals surface area contributed by atoms with Crippen LogP contribution in [0.4, 0.5) is 5.13 Å². The number of pyridine rings is 1. The first-order valence-corrected chi connectivity index (χ1v) is 8.86. The number of nitrogens with one attached hydrogen (secondary N) is 1. The molecular formula is C16H9N5OS2. The molecule has 0 aliphatic carbocycles. The van der Waals surface area contributed by atoms with Crippen molar-refractivity contribution < 1.29 is 4.79 Å². The zero-order valence-corrected chi connectivity index (χ0v) is 13.8. The SMILES string of the molecule is O=C(Nc1nc2ccc3scnc3c2s1)c1cc2ccccn2n1. The highest BCUT2D eigenvalue weighted by Crippen LogP contribution is 2.33. The highest BCUT2D eigenvalue weighted by molar-refractivity contribution is 7.24. The molecule has 0 saturated heterocycles. The molecule has 5 aromatic rings. The molecule has 0 aliphatic heterocycles. The lowest BCUT2D eigenvalue weighted by Gasteiger charge is -1.96. The Bertz CT molecular complexity index is 1190. The van der Waals surface area contributed by atoms with Crippen LogP contribution in [-0.4, -0.2) is 25.5 Å². The average molecular weight is 351 g/mol. The minimum Gasteiger partial charge on any atom is -0.296 e. The Kier molecular flexibility index (Phi) is 2.88. The molecule has 0 radical (unpaired) electrons. The van der Waals surface area contributed by atoms with Crippen molar-refractivity contribution in [2.24, 2.45) is 0 Å². The number of carbonyl (C=O) groups is 1. The normalized spacial score (nSPS) is 11.5. The number of carbonyl (C=O) groups excluding carboxylic acids is 1. The van der Waals surface area contributed by atoms with Gasteiger partial charge in [-0.05, 0) is 30.3 Å². The number of hydrogen-bond donors (Lipinski definition) is 1. The number of fused-ring (bicyclic) bond motifs is 4. The van der Waals surface area contributed by atoms with Crippen molar-refractivity contribution in [3.05, 3.63) is 53.8 Å². The van der Waals surface area contributed by atoms with Gasteiger partial charge in [0, 0.05) is 6.20 Å². The maximum atomic E-state index is 12.4. The van der Waals surface area contributed by atoms with Gasteiger partial charge in [0.2, 0.25) is 0 Å². The van der Waals surface area contributed by atoms with Gasteiger partial charge in [-0.25, -0.2) is 14.5 Å². The number of nitrogens with zero attached hydrogens (tertiary/aromatic N) is 4. The van der Waals surface area contributed by atoms with E-state index in [-0.39, 0.29) is 5.91 Å². The van der Waals surface area contributed by atoms with Crippen molar-refractivity contribution in [3.8, 4) is 0 Å². The van der Waals surface area contributed by atoms with Crippen LogP contribution in [-0.2, 0) is 0 Å². The molecule has 0 fully saturated rings. The molecule has 1 N–H and O–H groups in total. The largest absolute Gasteiger partial charge is 0.296 e. The van der Waals surface area contributed by atoms with E-state index in [4.69, 9.17) is 0 Å². The second-order valence-corrected chi connectivity index (χ2v) is 7.07. The van der Waals surface area contributed by atoms with Gasteiger partial charge in [0.1, 0.15) is 5.52 Å². The van der Waals surface area contributed by atoms with Gasteiger partial charge in [-0.15, -0.1) is 11.3 Å². The molecule has 0 atom stereocenters. The molecule has 0 unspecified atom stereocenters.